The third-order valence-corrected chi connectivity index (χ3v) is 2.97. The van der Waals surface area contributed by atoms with Crippen molar-refractivity contribution in [2.24, 2.45) is 0 Å². The summed E-state index contributed by atoms with van der Waals surface area (Å²) in [6.45, 7) is -0.277. The number of halogens is 4. The molecule has 0 fully saturated rings. The lowest BCUT2D eigenvalue weighted by atomic mass is 10.0. The number of pyridine rings is 1. The molecule has 0 saturated carbocycles. The van der Waals surface area contributed by atoms with Crippen molar-refractivity contribution in [2.45, 2.75) is 12.8 Å². The summed E-state index contributed by atoms with van der Waals surface area (Å²) < 4.78 is 37.3. The van der Waals surface area contributed by atoms with E-state index in [0.717, 1.165) is 12.1 Å². The minimum Gasteiger partial charge on any atom is -0.392 e. The summed E-state index contributed by atoms with van der Waals surface area (Å²) in [5.41, 5.74) is 0.897. The van der Waals surface area contributed by atoms with Crippen molar-refractivity contribution in [3.63, 3.8) is 0 Å². The fourth-order valence-corrected chi connectivity index (χ4v) is 1.78. The van der Waals surface area contributed by atoms with Crippen LogP contribution in [0, 0.1) is 0 Å². The van der Waals surface area contributed by atoms with Gasteiger partial charge in [-0.2, -0.15) is 13.2 Å². The Hall–Kier alpha value is -1.59. The number of nitrogens with zero attached hydrogens (tertiary/aromatic N) is 1. The third-order valence-electron chi connectivity index (χ3n) is 2.63. The number of alkyl halides is 3. The normalized spacial score (nSPS) is 11.6. The predicted molar refractivity (Wildman–Crippen MR) is 65.6 cm³/mol. The van der Waals surface area contributed by atoms with E-state index < -0.39 is 11.7 Å². The van der Waals surface area contributed by atoms with E-state index in [1.54, 1.807) is 6.07 Å². The molecule has 0 spiro atoms. The molecule has 1 aromatic heterocycles. The molecule has 1 heterocycles. The van der Waals surface area contributed by atoms with Crippen molar-refractivity contribution in [2.75, 3.05) is 0 Å². The Balaban J connectivity index is 2.37. The quantitative estimate of drug-likeness (QED) is 0.850. The second-order valence-corrected chi connectivity index (χ2v) is 4.27. The van der Waals surface area contributed by atoms with Crippen LogP contribution in [-0.2, 0) is 12.8 Å². The number of rotatable bonds is 2. The van der Waals surface area contributed by atoms with Crippen molar-refractivity contribution < 1.29 is 18.3 Å². The van der Waals surface area contributed by atoms with Gasteiger partial charge in [0.25, 0.3) is 0 Å². The third kappa shape index (κ3) is 3.05. The molecule has 6 heteroatoms. The van der Waals surface area contributed by atoms with Crippen LogP contribution in [0.1, 0.15) is 11.1 Å². The van der Waals surface area contributed by atoms with E-state index in [9.17, 15) is 13.2 Å². The highest BCUT2D eigenvalue weighted by Crippen LogP contribution is 2.31. The zero-order chi connectivity index (χ0) is 14.0. The van der Waals surface area contributed by atoms with Crippen LogP contribution in [0.25, 0.3) is 11.1 Å². The first-order valence-electron chi connectivity index (χ1n) is 5.34. The molecular formula is C13H9ClF3NO. The van der Waals surface area contributed by atoms with Crippen molar-refractivity contribution in [3.8, 4) is 11.1 Å². The van der Waals surface area contributed by atoms with Gasteiger partial charge in [-0.3, -0.25) is 0 Å². The minimum absolute atomic E-state index is 0.179. The molecule has 0 aliphatic carbocycles. The minimum atomic E-state index is -4.35. The fourth-order valence-electron chi connectivity index (χ4n) is 1.61. The molecule has 19 heavy (non-hydrogen) atoms. The Kier molecular flexibility index (Phi) is 3.78. The Morgan fingerprint density at radius 1 is 1.11 bits per heavy atom. The lowest BCUT2D eigenvalue weighted by Gasteiger charge is -2.08. The number of aromatic nitrogens is 1. The van der Waals surface area contributed by atoms with Gasteiger partial charge in [0, 0.05) is 17.3 Å². The van der Waals surface area contributed by atoms with Crippen LogP contribution in [-0.4, -0.2) is 10.1 Å². The van der Waals surface area contributed by atoms with Crippen molar-refractivity contribution in [1.29, 1.82) is 0 Å². The maximum Gasteiger partial charge on any atom is 0.416 e. The van der Waals surface area contributed by atoms with E-state index in [4.69, 9.17) is 16.7 Å². The van der Waals surface area contributed by atoms with Crippen LogP contribution in [0.4, 0.5) is 13.2 Å². The lowest BCUT2D eigenvalue weighted by Crippen LogP contribution is -2.04. The SMILES string of the molecule is OCc1cc(-c2ccc(C(F)(F)F)cc2)cnc1Cl. The van der Waals surface area contributed by atoms with Gasteiger partial charge in [0.15, 0.2) is 0 Å². The first-order valence-corrected chi connectivity index (χ1v) is 5.72. The molecule has 1 aromatic carbocycles. The lowest BCUT2D eigenvalue weighted by molar-refractivity contribution is -0.137. The van der Waals surface area contributed by atoms with Gasteiger partial charge in [0.1, 0.15) is 5.15 Å². The molecule has 0 unspecified atom stereocenters. The van der Waals surface area contributed by atoms with E-state index >= 15 is 0 Å². The van der Waals surface area contributed by atoms with Crippen LogP contribution in [0.15, 0.2) is 36.5 Å². The van der Waals surface area contributed by atoms with Gasteiger partial charge >= 0.3 is 6.18 Å². The summed E-state index contributed by atoms with van der Waals surface area (Å²) in [7, 11) is 0. The molecule has 2 nitrogen and oxygen atoms in total. The number of aliphatic hydroxyl groups is 1. The maximum atomic E-state index is 12.4. The van der Waals surface area contributed by atoms with E-state index in [-0.39, 0.29) is 11.8 Å². The monoisotopic (exact) mass is 287 g/mol. The number of aliphatic hydroxyl groups excluding tert-OH is 1. The highest BCUT2D eigenvalue weighted by molar-refractivity contribution is 6.30. The van der Waals surface area contributed by atoms with Gasteiger partial charge in [-0.1, -0.05) is 23.7 Å². The van der Waals surface area contributed by atoms with Gasteiger partial charge < -0.3 is 5.11 Å². The zero-order valence-corrected chi connectivity index (χ0v) is 10.3. The summed E-state index contributed by atoms with van der Waals surface area (Å²) in [6, 6.07) is 6.31. The van der Waals surface area contributed by atoms with Crippen molar-refractivity contribution >= 4 is 11.6 Å². The molecule has 0 radical (unpaired) electrons. The maximum absolute atomic E-state index is 12.4. The fraction of sp³-hybridized carbons (Fsp3) is 0.154. The van der Waals surface area contributed by atoms with Crippen LogP contribution >= 0.6 is 11.6 Å². The summed E-state index contributed by atoms with van der Waals surface area (Å²) in [4.78, 5) is 3.88. The Labute approximate surface area is 112 Å². The topological polar surface area (TPSA) is 33.1 Å². The van der Waals surface area contributed by atoms with Gasteiger partial charge in [-0.05, 0) is 23.8 Å². The molecule has 2 rings (SSSR count). The average Bonchev–Trinajstić information content (AvgIpc) is 2.38. The van der Waals surface area contributed by atoms with Crippen LogP contribution in [0.3, 0.4) is 0 Å². The zero-order valence-electron chi connectivity index (χ0n) is 9.58. The highest BCUT2D eigenvalue weighted by Gasteiger charge is 2.29. The van der Waals surface area contributed by atoms with Crippen molar-refractivity contribution in [3.05, 3.63) is 52.8 Å². The first kappa shape index (κ1) is 13.8. The van der Waals surface area contributed by atoms with Gasteiger partial charge in [-0.15, -0.1) is 0 Å². The van der Waals surface area contributed by atoms with Gasteiger partial charge in [0.05, 0.1) is 12.2 Å². The van der Waals surface area contributed by atoms with E-state index in [1.807, 2.05) is 0 Å². The molecule has 0 amide bonds. The summed E-state index contributed by atoms with van der Waals surface area (Å²) in [5.74, 6) is 0. The van der Waals surface area contributed by atoms with E-state index in [0.29, 0.717) is 16.7 Å². The second-order valence-electron chi connectivity index (χ2n) is 3.91. The molecule has 1 N–H and O–H groups in total. The highest BCUT2D eigenvalue weighted by atomic mass is 35.5. The smallest absolute Gasteiger partial charge is 0.392 e. The Bertz CT molecular complexity index is 581. The first-order chi connectivity index (χ1) is 8.91. The Morgan fingerprint density at radius 2 is 1.74 bits per heavy atom. The second kappa shape index (κ2) is 5.19. The number of benzene rings is 1. The molecule has 0 atom stereocenters. The summed E-state index contributed by atoms with van der Waals surface area (Å²) in [5, 5.41) is 9.25. The molecular weight excluding hydrogens is 279 g/mol. The van der Waals surface area contributed by atoms with Crippen LogP contribution in [0.5, 0.6) is 0 Å². The molecule has 100 valence electrons. The number of hydrogen-bond donors (Lipinski definition) is 1. The largest absolute Gasteiger partial charge is 0.416 e. The molecule has 2 aromatic rings. The van der Waals surface area contributed by atoms with Crippen LogP contribution < -0.4 is 0 Å². The van der Waals surface area contributed by atoms with Crippen LogP contribution in [0.2, 0.25) is 5.15 Å². The van der Waals surface area contributed by atoms with E-state index in [1.165, 1.54) is 18.3 Å². The van der Waals surface area contributed by atoms with Gasteiger partial charge in [0.2, 0.25) is 0 Å². The van der Waals surface area contributed by atoms with Crippen molar-refractivity contribution in [1.82, 2.24) is 4.98 Å². The average molecular weight is 288 g/mol. The summed E-state index contributed by atoms with van der Waals surface area (Å²) >= 11 is 5.75. The number of hydrogen-bond acceptors (Lipinski definition) is 2. The summed E-state index contributed by atoms with van der Waals surface area (Å²) in [6.07, 6.45) is -2.91. The van der Waals surface area contributed by atoms with Gasteiger partial charge in [-0.25, -0.2) is 4.98 Å². The Morgan fingerprint density at radius 3 is 2.26 bits per heavy atom. The molecule has 0 aliphatic rings. The molecule has 0 bridgehead atoms. The molecule has 0 aliphatic heterocycles. The van der Waals surface area contributed by atoms with E-state index in [2.05, 4.69) is 4.98 Å². The predicted octanol–water partition coefficient (Wildman–Crippen LogP) is 3.91. The standard InChI is InChI=1S/C13H9ClF3NO/c14-12-10(7-19)5-9(6-18-12)8-1-3-11(4-2-8)13(15,16)17/h1-6,19H,7H2. The molecule has 0 saturated heterocycles.